The Hall–Kier alpha value is -1.62. The molecule has 0 spiro atoms. The van der Waals surface area contributed by atoms with Crippen molar-refractivity contribution in [2.75, 3.05) is 4.90 Å². The largest absolute Gasteiger partial charge is 0.352 e. The van der Waals surface area contributed by atoms with Crippen LogP contribution in [0.25, 0.3) is 0 Å². The Morgan fingerprint density at radius 2 is 2.10 bits per heavy atom. The number of hydrogen-bond acceptors (Lipinski definition) is 3. The summed E-state index contributed by atoms with van der Waals surface area (Å²) >= 11 is 0. The van der Waals surface area contributed by atoms with Crippen LogP contribution >= 0.6 is 0 Å². The predicted octanol–water partition coefficient (Wildman–Crippen LogP) is 2.69. The molecule has 0 saturated carbocycles. The molecule has 0 unspecified atom stereocenters. The third-order valence-electron chi connectivity index (χ3n) is 4.42. The van der Waals surface area contributed by atoms with Crippen molar-refractivity contribution >= 4 is 11.6 Å². The summed E-state index contributed by atoms with van der Waals surface area (Å²) in [6.07, 6.45) is 0.838. The summed E-state index contributed by atoms with van der Waals surface area (Å²) in [5, 5.41) is 0. The van der Waals surface area contributed by atoms with Crippen molar-refractivity contribution < 1.29 is 9.18 Å². The molecule has 116 valence electrons. The lowest BCUT2D eigenvalue weighted by Gasteiger charge is -2.54. The van der Waals surface area contributed by atoms with E-state index in [1.807, 2.05) is 13.8 Å². The van der Waals surface area contributed by atoms with Crippen LogP contribution in [0.15, 0.2) is 18.2 Å². The van der Waals surface area contributed by atoms with Crippen LogP contribution in [0.2, 0.25) is 0 Å². The maximum absolute atomic E-state index is 13.6. The Labute approximate surface area is 125 Å². The Balaban J connectivity index is 2.63. The Morgan fingerprint density at radius 1 is 1.48 bits per heavy atom. The molecule has 1 aliphatic heterocycles. The van der Waals surface area contributed by atoms with Crippen molar-refractivity contribution in [3.05, 3.63) is 29.6 Å². The van der Waals surface area contributed by atoms with Crippen molar-refractivity contribution in [3.63, 3.8) is 0 Å². The molecule has 21 heavy (non-hydrogen) atoms. The molecule has 5 heteroatoms. The van der Waals surface area contributed by atoms with E-state index in [0.29, 0.717) is 0 Å². The number of benzene rings is 1. The molecule has 1 amide bonds. The van der Waals surface area contributed by atoms with Gasteiger partial charge in [-0.15, -0.1) is 0 Å². The average Bonchev–Trinajstić information content (AvgIpc) is 2.37. The van der Waals surface area contributed by atoms with E-state index in [9.17, 15) is 9.18 Å². The van der Waals surface area contributed by atoms with Crippen LogP contribution < -0.4 is 16.2 Å². The average molecular weight is 293 g/mol. The van der Waals surface area contributed by atoms with Crippen LogP contribution in [0, 0.1) is 5.82 Å². The lowest BCUT2D eigenvalue weighted by atomic mass is 9.77. The Bertz CT molecular complexity index is 569. The van der Waals surface area contributed by atoms with Gasteiger partial charge in [0.1, 0.15) is 11.4 Å². The number of anilines is 1. The zero-order valence-electron chi connectivity index (χ0n) is 13.3. The van der Waals surface area contributed by atoms with Gasteiger partial charge in [0.05, 0.1) is 0 Å². The van der Waals surface area contributed by atoms with Crippen LogP contribution in [-0.4, -0.2) is 17.0 Å². The molecule has 1 aliphatic rings. The second kappa shape index (κ2) is 4.98. The van der Waals surface area contributed by atoms with Crippen molar-refractivity contribution in [1.82, 2.24) is 5.43 Å². The third kappa shape index (κ3) is 2.50. The van der Waals surface area contributed by atoms with E-state index in [2.05, 4.69) is 31.1 Å². The number of nitrogens with two attached hydrogens (primary N) is 1. The van der Waals surface area contributed by atoms with E-state index in [0.717, 1.165) is 17.7 Å². The van der Waals surface area contributed by atoms with Gasteiger partial charge in [0.2, 0.25) is 0 Å². The van der Waals surface area contributed by atoms with Crippen LogP contribution in [0.5, 0.6) is 0 Å². The first kappa shape index (κ1) is 15.8. The summed E-state index contributed by atoms with van der Waals surface area (Å²) < 4.78 is 13.6. The number of fused-ring (bicyclic) bond motifs is 1. The molecule has 0 aliphatic carbocycles. The van der Waals surface area contributed by atoms with Gasteiger partial charge in [-0.2, -0.15) is 0 Å². The van der Waals surface area contributed by atoms with E-state index in [1.165, 1.54) is 6.07 Å². The molecule has 4 nitrogen and oxygen atoms in total. The first-order valence-electron chi connectivity index (χ1n) is 7.22. The number of nitrogens with one attached hydrogen (secondary N) is 1. The number of amides is 1. The van der Waals surface area contributed by atoms with Crippen LogP contribution in [-0.2, 0) is 4.79 Å². The van der Waals surface area contributed by atoms with Crippen LogP contribution in [0.3, 0.4) is 0 Å². The van der Waals surface area contributed by atoms with E-state index in [-0.39, 0.29) is 23.2 Å². The summed E-state index contributed by atoms with van der Waals surface area (Å²) in [5.41, 5.74) is 3.01. The SMILES string of the molecule is C[C@@H]1CC(C)(C)N(C(C)(C)C(=O)NN)c2ccc(F)cc21. The van der Waals surface area contributed by atoms with E-state index in [4.69, 9.17) is 5.84 Å². The summed E-state index contributed by atoms with van der Waals surface area (Å²) in [5.74, 6) is 5.06. The first-order chi connectivity index (χ1) is 9.61. The first-order valence-corrected chi connectivity index (χ1v) is 7.22. The van der Waals surface area contributed by atoms with E-state index in [1.54, 1.807) is 12.1 Å². The number of hydrogen-bond donors (Lipinski definition) is 2. The smallest absolute Gasteiger partial charge is 0.259 e. The summed E-state index contributed by atoms with van der Waals surface area (Å²) in [7, 11) is 0. The standard InChI is InChI=1S/C16H24FN3O/c1-10-9-15(2,3)20(16(4,5)14(21)19-18)13-7-6-11(17)8-12(10)13/h6-8,10H,9,18H2,1-5H3,(H,19,21)/t10-/m1/s1. The number of nitrogens with zero attached hydrogens (tertiary/aromatic N) is 1. The van der Waals surface area contributed by atoms with Crippen molar-refractivity contribution in [3.8, 4) is 0 Å². The minimum absolute atomic E-state index is 0.235. The second-order valence-electron chi connectivity index (χ2n) is 6.99. The number of halogens is 1. The number of rotatable bonds is 2. The fourth-order valence-electron chi connectivity index (χ4n) is 3.74. The molecule has 1 heterocycles. The van der Waals surface area contributed by atoms with Crippen LogP contribution in [0.1, 0.15) is 52.5 Å². The molecule has 0 fully saturated rings. The van der Waals surface area contributed by atoms with Gasteiger partial charge in [0.15, 0.2) is 0 Å². The van der Waals surface area contributed by atoms with Gasteiger partial charge in [-0.25, -0.2) is 10.2 Å². The highest BCUT2D eigenvalue weighted by Crippen LogP contribution is 2.46. The van der Waals surface area contributed by atoms with Gasteiger partial charge in [0, 0.05) is 11.2 Å². The highest BCUT2D eigenvalue weighted by molar-refractivity contribution is 5.89. The van der Waals surface area contributed by atoms with Crippen LogP contribution in [0.4, 0.5) is 10.1 Å². The van der Waals surface area contributed by atoms with E-state index < -0.39 is 5.54 Å². The summed E-state index contributed by atoms with van der Waals surface area (Å²) in [6.45, 7) is 9.95. The lowest BCUT2D eigenvalue weighted by Crippen LogP contribution is -2.65. The molecule has 1 atom stereocenters. The van der Waals surface area contributed by atoms with Crippen molar-refractivity contribution in [2.45, 2.75) is 58.0 Å². The van der Waals surface area contributed by atoms with E-state index >= 15 is 0 Å². The number of carbonyl (C=O) groups is 1. The molecule has 0 saturated heterocycles. The number of carbonyl (C=O) groups excluding carboxylic acids is 1. The number of hydrazine groups is 1. The van der Waals surface area contributed by atoms with Gasteiger partial charge in [-0.05, 0) is 63.8 Å². The summed E-state index contributed by atoms with van der Waals surface area (Å²) in [4.78, 5) is 14.3. The maximum Gasteiger partial charge on any atom is 0.259 e. The topological polar surface area (TPSA) is 58.4 Å². The molecule has 0 radical (unpaired) electrons. The molecule has 0 aromatic heterocycles. The highest BCUT2D eigenvalue weighted by Gasteiger charge is 2.46. The molecule has 3 N–H and O–H groups in total. The molecule has 1 aromatic carbocycles. The quantitative estimate of drug-likeness (QED) is 0.501. The minimum Gasteiger partial charge on any atom is -0.352 e. The predicted molar refractivity (Wildman–Crippen MR) is 82.4 cm³/mol. The Kier molecular flexibility index (Phi) is 3.74. The third-order valence-corrected chi connectivity index (χ3v) is 4.42. The molecule has 2 rings (SSSR count). The molecule has 1 aromatic rings. The fourth-order valence-corrected chi connectivity index (χ4v) is 3.74. The zero-order chi connectivity index (χ0) is 16.0. The van der Waals surface area contributed by atoms with Crippen molar-refractivity contribution in [1.29, 1.82) is 0 Å². The normalized spacial score (nSPS) is 20.9. The van der Waals surface area contributed by atoms with Gasteiger partial charge < -0.3 is 4.90 Å². The lowest BCUT2D eigenvalue weighted by molar-refractivity contribution is -0.126. The minimum atomic E-state index is -0.828. The molecule has 0 bridgehead atoms. The Morgan fingerprint density at radius 3 is 2.67 bits per heavy atom. The monoisotopic (exact) mass is 293 g/mol. The molecular weight excluding hydrogens is 269 g/mol. The second-order valence-corrected chi connectivity index (χ2v) is 6.99. The van der Waals surface area contributed by atoms with Gasteiger partial charge >= 0.3 is 0 Å². The highest BCUT2D eigenvalue weighted by atomic mass is 19.1. The van der Waals surface area contributed by atoms with Gasteiger partial charge in [-0.3, -0.25) is 10.2 Å². The zero-order valence-corrected chi connectivity index (χ0v) is 13.3. The fraction of sp³-hybridized carbons (Fsp3) is 0.562. The maximum atomic E-state index is 13.6. The molecular formula is C16H24FN3O. The van der Waals surface area contributed by atoms with Crippen molar-refractivity contribution in [2.24, 2.45) is 5.84 Å². The summed E-state index contributed by atoms with van der Waals surface area (Å²) in [6, 6.07) is 4.77. The van der Waals surface area contributed by atoms with Gasteiger partial charge in [-0.1, -0.05) is 6.92 Å². The van der Waals surface area contributed by atoms with Gasteiger partial charge in [0.25, 0.3) is 5.91 Å².